The van der Waals surface area contributed by atoms with Gasteiger partial charge in [0.25, 0.3) is 0 Å². The Hall–Kier alpha value is -5.40. The molecule has 1 aliphatic heterocycles. The number of carbonyl (C=O) groups is 5. The predicted molar refractivity (Wildman–Crippen MR) is 221 cm³/mol. The van der Waals surface area contributed by atoms with Gasteiger partial charge < -0.3 is 39.6 Å². The minimum atomic E-state index is -0.663. The predicted octanol–water partition coefficient (Wildman–Crippen LogP) is 2.58. The Balaban J connectivity index is 1.85. The maximum absolute atomic E-state index is 13.5. The summed E-state index contributed by atoms with van der Waals surface area (Å²) in [4.78, 5) is 100. The number of rotatable bonds is 32. The van der Waals surface area contributed by atoms with E-state index in [2.05, 4.69) is 40.9 Å². The van der Waals surface area contributed by atoms with Crippen molar-refractivity contribution in [1.82, 2.24) is 34.6 Å². The van der Waals surface area contributed by atoms with Crippen LogP contribution in [0.15, 0.2) is 39.7 Å². The van der Waals surface area contributed by atoms with E-state index in [1.54, 1.807) is 0 Å². The number of aromatic nitrogens is 3. The summed E-state index contributed by atoms with van der Waals surface area (Å²) in [7, 11) is 0. The quantitative estimate of drug-likeness (QED) is 0.0311. The highest BCUT2D eigenvalue weighted by Gasteiger charge is 2.30. The van der Waals surface area contributed by atoms with Gasteiger partial charge in [-0.05, 0) is 52.4 Å². The van der Waals surface area contributed by atoms with Crippen molar-refractivity contribution in [2.75, 3.05) is 59.2 Å². The second-order valence-electron chi connectivity index (χ2n) is 14.4. The maximum Gasteiger partial charge on any atom is 0.407 e. The molecule has 3 amide bonds. The van der Waals surface area contributed by atoms with Crippen molar-refractivity contribution in [3.8, 4) is 0 Å². The molecule has 20 heteroatoms. The summed E-state index contributed by atoms with van der Waals surface area (Å²) in [5.74, 6) is -1.22. The molecule has 3 atom stereocenters. The molecule has 0 bridgehead atoms. The van der Waals surface area contributed by atoms with Crippen molar-refractivity contribution < 1.29 is 47.7 Å². The number of alkyl carbamates (subject to hydrolysis) is 3. The van der Waals surface area contributed by atoms with Gasteiger partial charge in [0.1, 0.15) is 32.5 Å². The van der Waals surface area contributed by atoms with Crippen molar-refractivity contribution in [1.29, 1.82) is 0 Å². The lowest BCUT2D eigenvalue weighted by Gasteiger charge is -2.15. The minimum absolute atomic E-state index is 0.0829. The van der Waals surface area contributed by atoms with Gasteiger partial charge in [0.2, 0.25) is 0 Å². The number of hydrogen-bond donors (Lipinski definition) is 3. The number of carbonyl (C=O) groups excluding carboxylic acids is 5. The molecule has 1 fully saturated rings. The second-order valence-corrected chi connectivity index (χ2v) is 14.4. The van der Waals surface area contributed by atoms with Gasteiger partial charge in [-0.3, -0.25) is 4.90 Å². The molecular formula is C40H65N7O13. The third kappa shape index (κ3) is 21.6. The van der Waals surface area contributed by atoms with Crippen molar-refractivity contribution in [2.45, 2.75) is 123 Å². The van der Waals surface area contributed by atoms with E-state index in [-0.39, 0.29) is 52.2 Å². The van der Waals surface area contributed by atoms with E-state index in [0.717, 1.165) is 38.8 Å². The lowest BCUT2D eigenvalue weighted by molar-refractivity contribution is -0.139. The summed E-state index contributed by atoms with van der Waals surface area (Å²) in [6.07, 6.45) is 7.67. The Kier molecular flexibility index (Phi) is 25.2. The number of nitrogens with one attached hydrogen (secondary N) is 3. The first-order valence-corrected chi connectivity index (χ1v) is 20.9. The Bertz CT molecular complexity index is 1610. The third-order valence-electron chi connectivity index (χ3n) is 9.36. The van der Waals surface area contributed by atoms with Gasteiger partial charge in [-0.2, -0.15) is 0 Å². The Morgan fingerprint density at radius 3 is 1.27 bits per heavy atom. The highest BCUT2D eigenvalue weighted by atomic mass is 16.6. The summed E-state index contributed by atoms with van der Waals surface area (Å²) in [5.41, 5.74) is -1.97. The molecule has 0 aliphatic carbocycles. The third-order valence-corrected chi connectivity index (χ3v) is 9.36. The zero-order valence-electron chi connectivity index (χ0n) is 35.3. The van der Waals surface area contributed by atoms with Crippen LogP contribution in [0, 0.1) is 0 Å². The summed E-state index contributed by atoms with van der Waals surface area (Å²) in [6.45, 7) is 13.4. The van der Waals surface area contributed by atoms with Crippen LogP contribution in [0.3, 0.4) is 0 Å². The molecule has 1 aromatic rings. The van der Waals surface area contributed by atoms with Gasteiger partial charge in [-0.25, -0.2) is 52.1 Å². The zero-order valence-corrected chi connectivity index (χ0v) is 35.3. The second kappa shape index (κ2) is 29.8. The normalized spacial score (nSPS) is 14.6. The van der Waals surface area contributed by atoms with Crippen molar-refractivity contribution in [2.24, 2.45) is 0 Å². The van der Waals surface area contributed by atoms with Crippen molar-refractivity contribution in [3.63, 3.8) is 0 Å². The lowest BCUT2D eigenvalue weighted by Crippen LogP contribution is -2.54. The zero-order chi connectivity index (χ0) is 44.1. The maximum atomic E-state index is 13.5. The molecule has 1 saturated heterocycles. The van der Waals surface area contributed by atoms with E-state index in [1.807, 2.05) is 6.92 Å². The van der Waals surface area contributed by atoms with Crippen LogP contribution in [0.1, 0.15) is 90.9 Å². The van der Waals surface area contributed by atoms with Crippen molar-refractivity contribution >= 4 is 30.2 Å². The topological polar surface area (TPSA) is 237 Å². The molecule has 1 aliphatic rings. The SMILES string of the molecule is C=CC(=O)OCCOC(=O)NCCCCCCn1c(=O)n(CCCCCCNC(=O)OCCOC(=O)C=C)c(=O)n(CCCCCCNC(=O)OC(C)CN2CC2C)c1=O. The van der Waals surface area contributed by atoms with Gasteiger partial charge >= 0.3 is 47.3 Å². The van der Waals surface area contributed by atoms with Gasteiger partial charge in [0.05, 0.1) is 0 Å². The molecular weight excluding hydrogens is 786 g/mol. The largest absolute Gasteiger partial charge is 0.459 e. The Morgan fingerprint density at radius 1 is 0.583 bits per heavy atom. The van der Waals surface area contributed by atoms with Crippen LogP contribution < -0.4 is 33.0 Å². The molecule has 338 valence electrons. The highest BCUT2D eigenvalue weighted by molar-refractivity contribution is 5.81. The number of nitrogens with zero attached hydrogens (tertiary/aromatic N) is 4. The van der Waals surface area contributed by atoms with Gasteiger partial charge in [0.15, 0.2) is 0 Å². The number of unbranched alkanes of at least 4 members (excludes halogenated alkanes) is 9. The first kappa shape index (κ1) is 50.7. The number of amides is 3. The van der Waals surface area contributed by atoms with Crippen molar-refractivity contribution in [3.05, 3.63) is 56.8 Å². The van der Waals surface area contributed by atoms with E-state index in [1.165, 1.54) is 0 Å². The molecule has 2 heterocycles. The average Bonchev–Trinajstić information content (AvgIpc) is 3.92. The highest BCUT2D eigenvalue weighted by Crippen LogP contribution is 2.16. The molecule has 0 saturated carbocycles. The standard InChI is InChI=1S/C40H65N7O13/c1-5-33(48)56-25-27-58-35(50)41-19-13-7-10-16-22-45-38(53)46(23-17-11-8-14-20-42-36(51)59-28-26-57-34(49)6-2)40(55)47(39(45)54)24-18-12-9-15-21-43-37(52)60-32(4)30-44-29-31(44)3/h5-6,31-32H,1-2,7-30H2,3-4H3,(H,41,50)(H,42,51)(H,43,52). The summed E-state index contributed by atoms with van der Waals surface area (Å²) in [6, 6.07) is 0.533. The fraction of sp³-hybridized carbons (Fsp3) is 0.700. The van der Waals surface area contributed by atoms with E-state index < -0.39 is 47.3 Å². The van der Waals surface area contributed by atoms with Crippen LogP contribution in [0.25, 0.3) is 0 Å². The Labute approximate surface area is 350 Å². The van der Waals surface area contributed by atoms with Gasteiger partial charge in [-0.15, -0.1) is 0 Å². The van der Waals surface area contributed by atoms with E-state index in [4.69, 9.17) is 23.7 Å². The van der Waals surface area contributed by atoms with Crippen LogP contribution in [0.5, 0.6) is 0 Å². The van der Waals surface area contributed by atoms with Gasteiger partial charge in [0, 0.05) is 70.6 Å². The lowest BCUT2D eigenvalue weighted by atomic mass is 10.2. The van der Waals surface area contributed by atoms with E-state index >= 15 is 0 Å². The number of hydrogen-bond acceptors (Lipinski definition) is 14. The fourth-order valence-corrected chi connectivity index (χ4v) is 5.99. The molecule has 0 radical (unpaired) electrons. The minimum Gasteiger partial charge on any atom is -0.459 e. The smallest absolute Gasteiger partial charge is 0.407 e. The van der Waals surface area contributed by atoms with E-state index in [9.17, 15) is 38.4 Å². The van der Waals surface area contributed by atoms with E-state index in [0.29, 0.717) is 103 Å². The first-order chi connectivity index (χ1) is 28.9. The molecule has 3 unspecified atom stereocenters. The molecule has 0 aromatic carbocycles. The molecule has 20 nitrogen and oxygen atoms in total. The summed E-state index contributed by atoms with van der Waals surface area (Å²) < 4.78 is 28.1. The van der Waals surface area contributed by atoms with Gasteiger partial charge in [-0.1, -0.05) is 51.7 Å². The number of esters is 2. The molecule has 1 aromatic heterocycles. The average molecular weight is 852 g/mol. The molecule has 60 heavy (non-hydrogen) atoms. The van der Waals surface area contributed by atoms with Crippen LogP contribution >= 0.6 is 0 Å². The fourth-order valence-electron chi connectivity index (χ4n) is 5.99. The summed E-state index contributed by atoms with van der Waals surface area (Å²) in [5, 5.41) is 7.99. The first-order valence-electron chi connectivity index (χ1n) is 20.9. The molecule has 3 N–H and O–H groups in total. The van der Waals surface area contributed by atoms with Crippen LogP contribution in [0.2, 0.25) is 0 Å². The van der Waals surface area contributed by atoms with Crippen LogP contribution in [0.4, 0.5) is 14.4 Å². The summed E-state index contributed by atoms with van der Waals surface area (Å²) >= 11 is 0. The monoisotopic (exact) mass is 851 g/mol. The molecule has 2 rings (SSSR count). The molecule has 0 spiro atoms. The number of ether oxygens (including phenoxy) is 5. The van der Waals surface area contributed by atoms with Crippen LogP contribution in [-0.2, 0) is 52.9 Å². The van der Waals surface area contributed by atoms with Crippen LogP contribution in [-0.4, -0.2) is 120 Å². The Morgan fingerprint density at radius 2 is 0.917 bits per heavy atom.